The topological polar surface area (TPSA) is 74.0 Å². The molecule has 22 heavy (non-hydrogen) atoms. The van der Waals surface area contributed by atoms with Crippen LogP contribution in [0, 0.1) is 6.92 Å². The Morgan fingerprint density at radius 1 is 1.36 bits per heavy atom. The van der Waals surface area contributed by atoms with Crippen LogP contribution in [0.2, 0.25) is 0 Å². The van der Waals surface area contributed by atoms with Crippen molar-refractivity contribution in [3.63, 3.8) is 0 Å². The lowest BCUT2D eigenvalue weighted by Crippen LogP contribution is -2.45. The van der Waals surface area contributed by atoms with Crippen LogP contribution in [0.5, 0.6) is 0 Å². The summed E-state index contributed by atoms with van der Waals surface area (Å²) in [7, 11) is 0. The third-order valence-corrected chi connectivity index (χ3v) is 5.44. The number of carbonyl (C=O) groups is 1. The number of esters is 1. The number of piperidine rings is 1. The van der Waals surface area contributed by atoms with Gasteiger partial charge in [0.15, 0.2) is 5.79 Å². The Bertz CT molecular complexity index is 556. The van der Waals surface area contributed by atoms with Crippen LogP contribution >= 0.6 is 11.3 Å². The van der Waals surface area contributed by atoms with E-state index in [0.717, 1.165) is 36.5 Å². The predicted octanol–water partition coefficient (Wildman–Crippen LogP) is 2.16. The van der Waals surface area contributed by atoms with Gasteiger partial charge in [-0.15, -0.1) is 11.3 Å². The lowest BCUT2D eigenvalue weighted by molar-refractivity contribution is -0.169. The molecule has 0 atom stereocenters. The molecule has 3 heterocycles. The zero-order valence-electron chi connectivity index (χ0n) is 13.0. The Morgan fingerprint density at radius 2 is 2.00 bits per heavy atom. The molecular weight excluding hydrogens is 304 g/mol. The van der Waals surface area contributed by atoms with Crippen LogP contribution in [0.4, 0.5) is 10.0 Å². The number of anilines is 2. The van der Waals surface area contributed by atoms with Gasteiger partial charge in [-0.3, -0.25) is 0 Å². The second kappa shape index (κ2) is 6.06. The minimum atomic E-state index is -0.392. The molecule has 6 nitrogen and oxygen atoms in total. The van der Waals surface area contributed by atoms with Crippen molar-refractivity contribution >= 4 is 27.3 Å². The van der Waals surface area contributed by atoms with Gasteiger partial charge in [0.25, 0.3) is 0 Å². The molecule has 7 heteroatoms. The molecule has 0 bridgehead atoms. The van der Waals surface area contributed by atoms with Crippen LogP contribution in [-0.2, 0) is 14.2 Å². The Hall–Kier alpha value is -1.31. The van der Waals surface area contributed by atoms with Gasteiger partial charge in [-0.2, -0.15) is 0 Å². The van der Waals surface area contributed by atoms with E-state index >= 15 is 0 Å². The van der Waals surface area contributed by atoms with Crippen molar-refractivity contribution in [3.8, 4) is 0 Å². The molecule has 1 aromatic rings. The monoisotopic (exact) mass is 326 g/mol. The average molecular weight is 326 g/mol. The highest BCUT2D eigenvalue weighted by molar-refractivity contribution is 7.20. The number of hydrogen-bond acceptors (Lipinski definition) is 7. The fourth-order valence-electron chi connectivity index (χ4n) is 3.12. The van der Waals surface area contributed by atoms with Gasteiger partial charge in [0.05, 0.1) is 30.4 Å². The third kappa shape index (κ3) is 2.68. The molecule has 1 spiro atoms. The van der Waals surface area contributed by atoms with Gasteiger partial charge in [-0.25, -0.2) is 4.79 Å². The number of rotatable bonds is 3. The van der Waals surface area contributed by atoms with E-state index in [1.807, 2.05) is 6.92 Å². The summed E-state index contributed by atoms with van der Waals surface area (Å²) in [5.74, 6) is -0.729. The smallest absolute Gasteiger partial charge is 0.341 e. The molecule has 0 aromatic carbocycles. The molecule has 2 aliphatic rings. The summed E-state index contributed by atoms with van der Waals surface area (Å²) in [6.45, 7) is 7.11. The van der Waals surface area contributed by atoms with Crippen molar-refractivity contribution in [2.24, 2.45) is 0 Å². The average Bonchev–Trinajstić information content (AvgIpc) is 3.06. The summed E-state index contributed by atoms with van der Waals surface area (Å²) >= 11 is 1.45. The van der Waals surface area contributed by atoms with Crippen LogP contribution in [0.15, 0.2) is 0 Å². The number of nitrogen functional groups attached to an aromatic ring is 1. The van der Waals surface area contributed by atoms with Crippen molar-refractivity contribution in [3.05, 3.63) is 11.1 Å². The van der Waals surface area contributed by atoms with Crippen molar-refractivity contribution in [2.75, 3.05) is 43.5 Å². The molecule has 1 aromatic heterocycles. The molecule has 0 radical (unpaired) electrons. The second-order valence-corrected chi connectivity index (χ2v) is 6.62. The minimum absolute atomic E-state index is 0.337. The number of carbonyl (C=O) groups excluding carboxylic acids is 1. The quantitative estimate of drug-likeness (QED) is 0.858. The number of thiophene rings is 1. The van der Waals surface area contributed by atoms with Crippen molar-refractivity contribution in [1.82, 2.24) is 0 Å². The van der Waals surface area contributed by atoms with Gasteiger partial charge in [-0.1, -0.05) is 0 Å². The maximum Gasteiger partial charge on any atom is 0.341 e. The highest BCUT2D eigenvalue weighted by Crippen LogP contribution is 2.41. The van der Waals surface area contributed by atoms with E-state index in [-0.39, 0.29) is 5.97 Å². The molecule has 3 rings (SSSR count). The first-order valence-corrected chi connectivity index (χ1v) is 8.47. The summed E-state index contributed by atoms with van der Waals surface area (Å²) in [4.78, 5) is 14.3. The van der Waals surface area contributed by atoms with Gasteiger partial charge in [0.2, 0.25) is 0 Å². The molecule has 2 saturated heterocycles. The Balaban J connectivity index is 1.76. The van der Waals surface area contributed by atoms with Gasteiger partial charge in [0, 0.05) is 31.5 Å². The van der Waals surface area contributed by atoms with Crippen LogP contribution in [0.25, 0.3) is 0 Å². The van der Waals surface area contributed by atoms with Crippen LogP contribution in [0.3, 0.4) is 0 Å². The number of nitrogens with zero attached hydrogens (tertiary/aromatic N) is 1. The van der Waals surface area contributed by atoms with E-state index in [0.29, 0.717) is 30.4 Å². The number of ether oxygens (including phenoxy) is 3. The molecule has 2 aliphatic heterocycles. The second-order valence-electron chi connectivity index (χ2n) is 5.59. The molecular formula is C15H22N2O4S. The van der Waals surface area contributed by atoms with Crippen LogP contribution in [0.1, 0.15) is 35.7 Å². The van der Waals surface area contributed by atoms with E-state index in [4.69, 9.17) is 19.9 Å². The highest BCUT2D eigenvalue weighted by Gasteiger charge is 2.40. The predicted molar refractivity (Wildman–Crippen MR) is 85.5 cm³/mol. The van der Waals surface area contributed by atoms with Gasteiger partial charge in [-0.05, 0) is 13.8 Å². The van der Waals surface area contributed by atoms with E-state index in [1.54, 1.807) is 6.92 Å². The zero-order chi connectivity index (χ0) is 15.7. The summed E-state index contributed by atoms with van der Waals surface area (Å²) in [5.41, 5.74) is 7.45. The Kier molecular flexibility index (Phi) is 4.29. The first-order valence-electron chi connectivity index (χ1n) is 7.65. The first-order chi connectivity index (χ1) is 10.6. The third-order valence-electron chi connectivity index (χ3n) is 4.25. The maximum absolute atomic E-state index is 12.0. The number of hydrogen-bond donors (Lipinski definition) is 1. The van der Waals surface area contributed by atoms with E-state index in [1.165, 1.54) is 11.3 Å². The van der Waals surface area contributed by atoms with Crippen molar-refractivity contribution in [2.45, 2.75) is 32.5 Å². The van der Waals surface area contributed by atoms with Gasteiger partial charge >= 0.3 is 5.97 Å². The SMILES string of the molecule is CCOC(=O)c1c(N)sc(N2CCC3(CC2)OCCO3)c1C. The molecule has 122 valence electrons. The lowest BCUT2D eigenvalue weighted by atomic mass is 10.0. The van der Waals surface area contributed by atoms with E-state index in [2.05, 4.69) is 4.90 Å². The van der Waals surface area contributed by atoms with Gasteiger partial charge < -0.3 is 24.8 Å². The zero-order valence-corrected chi connectivity index (χ0v) is 13.8. The minimum Gasteiger partial charge on any atom is -0.462 e. The Labute approximate surface area is 134 Å². The molecule has 0 saturated carbocycles. The molecule has 0 unspecified atom stereocenters. The van der Waals surface area contributed by atoms with Crippen molar-refractivity contribution < 1.29 is 19.0 Å². The highest BCUT2D eigenvalue weighted by atomic mass is 32.1. The van der Waals surface area contributed by atoms with E-state index in [9.17, 15) is 4.79 Å². The number of nitrogens with two attached hydrogens (primary N) is 1. The van der Waals surface area contributed by atoms with Crippen LogP contribution in [-0.4, -0.2) is 44.7 Å². The van der Waals surface area contributed by atoms with Crippen molar-refractivity contribution in [1.29, 1.82) is 0 Å². The molecule has 0 amide bonds. The standard InChI is InChI=1S/C15H22N2O4S/c1-3-19-14(18)11-10(2)13(22-12(11)16)17-6-4-15(5-7-17)20-8-9-21-15/h3-9,16H2,1-2H3. The Morgan fingerprint density at radius 3 is 2.59 bits per heavy atom. The molecule has 0 aliphatic carbocycles. The largest absolute Gasteiger partial charge is 0.462 e. The summed E-state index contributed by atoms with van der Waals surface area (Å²) in [5, 5.41) is 1.58. The lowest BCUT2D eigenvalue weighted by Gasteiger charge is -2.38. The van der Waals surface area contributed by atoms with E-state index < -0.39 is 5.79 Å². The normalized spacial score (nSPS) is 20.5. The fraction of sp³-hybridized carbons (Fsp3) is 0.667. The first kappa shape index (κ1) is 15.6. The van der Waals surface area contributed by atoms with Crippen LogP contribution < -0.4 is 10.6 Å². The summed E-state index contributed by atoms with van der Waals surface area (Å²) < 4.78 is 16.6. The fourth-order valence-corrected chi connectivity index (χ4v) is 4.23. The summed E-state index contributed by atoms with van der Waals surface area (Å²) in [6, 6.07) is 0. The maximum atomic E-state index is 12.0. The summed E-state index contributed by atoms with van der Waals surface area (Å²) in [6.07, 6.45) is 1.66. The molecule has 2 N–H and O–H groups in total. The molecule has 2 fully saturated rings. The van der Waals surface area contributed by atoms with Gasteiger partial charge in [0.1, 0.15) is 5.00 Å².